The summed E-state index contributed by atoms with van der Waals surface area (Å²) in [5.41, 5.74) is 2.30. The molecule has 1 aliphatic rings. The summed E-state index contributed by atoms with van der Waals surface area (Å²) in [5, 5.41) is 3.39. The standard InChI is InChI=1S/C13H21N3/c1-4-7-14-13-9(2)10(3)15-12(16-13)8-11-5-6-11/h11H,4-8H2,1-3H3,(H,14,15,16). The largest absolute Gasteiger partial charge is 0.370 e. The minimum atomic E-state index is 0.848. The van der Waals surface area contributed by atoms with Crippen molar-refractivity contribution in [1.29, 1.82) is 0 Å². The van der Waals surface area contributed by atoms with Gasteiger partial charge >= 0.3 is 0 Å². The van der Waals surface area contributed by atoms with Gasteiger partial charge in [-0.3, -0.25) is 0 Å². The average Bonchev–Trinajstić information content (AvgIpc) is 3.05. The maximum absolute atomic E-state index is 4.63. The average molecular weight is 219 g/mol. The fourth-order valence-corrected chi connectivity index (χ4v) is 1.77. The van der Waals surface area contributed by atoms with Crippen LogP contribution in [0.5, 0.6) is 0 Å². The van der Waals surface area contributed by atoms with Crippen molar-refractivity contribution in [2.24, 2.45) is 5.92 Å². The lowest BCUT2D eigenvalue weighted by molar-refractivity contribution is 0.760. The minimum Gasteiger partial charge on any atom is -0.370 e. The van der Waals surface area contributed by atoms with Crippen molar-refractivity contribution in [3.63, 3.8) is 0 Å². The quantitative estimate of drug-likeness (QED) is 0.827. The lowest BCUT2D eigenvalue weighted by Crippen LogP contribution is -2.09. The maximum atomic E-state index is 4.63. The van der Waals surface area contributed by atoms with Crippen LogP contribution in [-0.2, 0) is 6.42 Å². The molecule has 1 heterocycles. The first-order chi connectivity index (χ1) is 7.70. The van der Waals surface area contributed by atoms with Gasteiger partial charge in [-0.25, -0.2) is 9.97 Å². The molecule has 1 saturated carbocycles. The Morgan fingerprint density at radius 2 is 2.00 bits per heavy atom. The molecule has 0 bridgehead atoms. The number of hydrogen-bond donors (Lipinski definition) is 1. The maximum Gasteiger partial charge on any atom is 0.132 e. The summed E-state index contributed by atoms with van der Waals surface area (Å²) in [6.45, 7) is 7.32. The number of aromatic nitrogens is 2. The molecule has 0 amide bonds. The van der Waals surface area contributed by atoms with Crippen molar-refractivity contribution in [2.45, 2.75) is 46.5 Å². The van der Waals surface area contributed by atoms with E-state index in [1.807, 2.05) is 0 Å². The lowest BCUT2D eigenvalue weighted by Gasteiger charge is -2.11. The zero-order valence-corrected chi connectivity index (χ0v) is 10.5. The molecule has 1 fully saturated rings. The highest BCUT2D eigenvalue weighted by Crippen LogP contribution is 2.32. The summed E-state index contributed by atoms with van der Waals surface area (Å²) < 4.78 is 0. The SMILES string of the molecule is CCCNc1nc(CC2CC2)nc(C)c1C. The summed E-state index contributed by atoms with van der Waals surface area (Å²) in [6.07, 6.45) is 4.89. The molecule has 3 nitrogen and oxygen atoms in total. The highest BCUT2D eigenvalue weighted by atomic mass is 15.0. The predicted molar refractivity (Wildman–Crippen MR) is 66.7 cm³/mol. The van der Waals surface area contributed by atoms with Crippen molar-refractivity contribution >= 4 is 5.82 Å². The van der Waals surface area contributed by atoms with Crippen molar-refractivity contribution in [2.75, 3.05) is 11.9 Å². The van der Waals surface area contributed by atoms with Crippen LogP contribution in [0.25, 0.3) is 0 Å². The van der Waals surface area contributed by atoms with E-state index in [0.29, 0.717) is 0 Å². The Labute approximate surface area is 97.7 Å². The van der Waals surface area contributed by atoms with E-state index >= 15 is 0 Å². The fourth-order valence-electron chi connectivity index (χ4n) is 1.77. The molecule has 0 atom stereocenters. The summed E-state index contributed by atoms with van der Waals surface area (Å²) >= 11 is 0. The third-order valence-corrected chi connectivity index (χ3v) is 3.15. The Bertz CT molecular complexity index is 370. The molecule has 3 heteroatoms. The van der Waals surface area contributed by atoms with Crippen LogP contribution in [0, 0.1) is 19.8 Å². The smallest absolute Gasteiger partial charge is 0.132 e. The second-order valence-electron chi connectivity index (χ2n) is 4.77. The number of rotatable bonds is 5. The van der Waals surface area contributed by atoms with Gasteiger partial charge < -0.3 is 5.32 Å². The predicted octanol–water partition coefficient (Wildman–Crippen LogP) is 2.87. The Kier molecular flexibility index (Phi) is 3.42. The first-order valence-corrected chi connectivity index (χ1v) is 6.28. The van der Waals surface area contributed by atoms with Gasteiger partial charge in [0.1, 0.15) is 11.6 Å². The molecular weight excluding hydrogens is 198 g/mol. The topological polar surface area (TPSA) is 37.8 Å². The Hall–Kier alpha value is -1.12. The highest BCUT2D eigenvalue weighted by Gasteiger charge is 2.23. The van der Waals surface area contributed by atoms with Crippen LogP contribution in [0.3, 0.4) is 0 Å². The van der Waals surface area contributed by atoms with Crippen molar-refractivity contribution < 1.29 is 0 Å². The first-order valence-electron chi connectivity index (χ1n) is 6.28. The molecule has 0 saturated heterocycles. The van der Waals surface area contributed by atoms with Gasteiger partial charge in [0.25, 0.3) is 0 Å². The summed E-state index contributed by atoms with van der Waals surface area (Å²) in [6, 6.07) is 0. The van der Waals surface area contributed by atoms with Crippen molar-refractivity contribution in [3.05, 3.63) is 17.1 Å². The Morgan fingerprint density at radius 1 is 1.25 bits per heavy atom. The second-order valence-corrected chi connectivity index (χ2v) is 4.77. The molecule has 1 aliphatic carbocycles. The molecule has 16 heavy (non-hydrogen) atoms. The van der Waals surface area contributed by atoms with E-state index in [1.165, 1.54) is 18.4 Å². The molecule has 0 aromatic carbocycles. The normalized spacial score (nSPS) is 15.2. The van der Waals surface area contributed by atoms with E-state index in [-0.39, 0.29) is 0 Å². The summed E-state index contributed by atoms with van der Waals surface area (Å²) in [5.74, 6) is 2.90. The molecule has 88 valence electrons. The number of nitrogens with one attached hydrogen (secondary N) is 1. The molecule has 1 aromatic rings. The third-order valence-electron chi connectivity index (χ3n) is 3.15. The van der Waals surface area contributed by atoms with Gasteiger partial charge in [-0.1, -0.05) is 6.92 Å². The Morgan fingerprint density at radius 3 is 2.62 bits per heavy atom. The summed E-state index contributed by atoms with van der Waals surface area (Å²) in [7, 11) is 0. The van der Waals surface area contributed by atoms with E-state index in [1.54, 1.807) is 0 Å². The number of aryl methyl sites for hydroxylation is 1. The van der Waals surface area contributed by atoms with Crippen LogP contribution >= 0.6 is 0 Å². The molecule has 1 aromatic heterocycles. The zero-order valence-electron chi connectivity index (χ0n) is 10.5. The van der Waals surface area contributed by atoms with Gasteiger partial charge in [0.05, 0.1) is 0 Å². The first kappa shape index (κ1) is 11.4. The van der Waals surface area contributed by atoms with E-state index < -0.39 is 0 Å². The van der Waals surface area contributed by atoms with E-state index in [0.717, 1.165) is 42.6 Å². The third kappa shape index (κ3) is 2.71. The van der Waals surface area contributed by atoms with Crippen LogP contribution in [-0.4, -0.2) is 16.5 Å². The fraction of sp³-hybridized carbons (Fsp3) is 0.692. The van der Waals surface area contributed by atoms with Crippen LogP contribution < -0.4 is 5.32 Å². The van der Waals surface area contributed by atoms with Gasteiger partial charge in [0.2, 0.25) is 0 Å². The van der Waals surface area contributed by atoms with E-state index in [2.05, 4.69) is 36.1 Å². The van der Waals surface area contributed by atoms with Crippen molar-refractivity contribution in [3.8, 4) is 0 Å². The van der Waals surface area contributed by atoms with Gasteiger partial charge in [-0.15, -0.1) is 0 Å². The molecule has 0 spiro atoms. The molecule has 2 rings (SSSR count). The molecule has 1 N–H and O–H groups in total. The highest BCUT2D eigenvalue weighted by molar-refractivity contribution is 5.45. The van der Waals surface area contributed by atoms with Crippen LogP contribution in [0.4, 0.5) is 5.82 Å². The van der Waals surface area contributed by atoms with Crippen LogP contribution in [0.1, 0.15) is 43.3 Å². The number of nitrogens with zero attached hydrogens (tertiary/aromatic N) is 2. The van der Waals surface area contributed by atoms with E-state index in [4.69, 9.17) is 0 Å². The Balaban J connectivity index is 2.16. The molecule has 0 unspecified atom stereocenters. The number of hydrogen-bond acceptors (Lipinski definition) is 3. The van der Waals surface area contributed by atoms with Crippen LogP contribution in [0.15, 0.2) is 0 Å². The zero-order chi connectivity index (χ0) is 11.5. The van der Waals surface area contributed by atoms with Crippen molar-refractivity contribution in [1.82, 2.24) is 9.97 Å². The number of anilines is 1. The molecule has 0 aliphatic heterocycles. The molecular formula is C13H21N3. The van der Waals surface area contributed by atoms with Gasteiger partial charge in [0.15, 0.2) is 0 Å². The summed E-state index contributed by atoms with van der Waals surface area (Å²) in [4.78, 5) is 9.20. The minimum absolute atomic E-state index is 0.848. The molecule has 0 radical (unpaired) electrons. The van der Waals surface area contributed by atoms with Gasteiger partial charge in [0, 0.05) is 24.2 Å². The van der Waals surface area contributed by atoms with Crippen LogP contribution in [0.2, 0.25) is 0 Å². The van der Waals surface area contributed by atoms with Gasteiger partial charge in [-0.05, 0) is 39.0 Å². The van der Waals surface area contributed by atoms with Gasteiger partial charge in [-0.2, -0.15) is 0 Å². The monoisotopic (exact) mass is 219 g/mol. The second kappa shape index (κ2) is 4.81. The lowest BCUT2D eigenvalue weighted by atomic mass is 10.2. The van der Waals surface area contributed by atoms with E-state index in [9.17, 15) is 0 Å².